The second-order valence-electron chi connectivity index (χ2n) is 8.82. The summed E-state index contributed by atoms with van der Waals surface area (Å²) in [5.74, 6) is 0.783. The van der Waals surface area contributed by atoms with E-state index in [1.807, 2.05) is 30.3 Å². The third kappa shape index (κ3) is 7.36. The van der Waals surface area contributed by atoms with Gasteiger partial charge in [-0.25, -0.2) is 0 Å². The van der Waals surface area contributed by atoms with Crippen molar-refractivity contribution < 1.29 is 34.4 Å². The van der Waals surface area contributed by atoms with Crippen LogP contribution in [0.25, 0.3) is 44.8 Å². The van der Waals surface area contributed by atoms with Gasteiger partial charge in [-0.3, -0.25) is 9.78 Å². The molecule has 0 atom stereocenters. The Balaban J connectivity index is 0.000000422. The van der Waals surface area contributed by atoms with Gasteiger partial charge < -0.3 is 9.52 Å². The third-order valence-electron chi connectivity index (χ3n) is 5.48. The van der Waals surface area contributed by atoms with Gasteiger partial charge in [0, 0.05) is 37.8 Å². The molecule has 0 amide bonds. The SMILES string of the molecule is CC(=O)/C=C(/C)O.Cc1cc(C)cc(-c2cc3nc(-c4[c-]ccc(-c5ccccc5)c4)ccc3o2)c1.[Ir]. The minimum Gasteiger partial charge on any atom is -0.512 e. The first kappa shape index (κ1) is 27.8. The molecule has 0 spiro atoms. The number of furan rings is 1. The number of aliphatic hydroxyl groups is 1. The molecule has 2 aromatic heterocycles. The Bertz CT molecular complexity index is 1530. The maximum Gasteiger partial charge on any atom is 0.155 e. The average molecular weight is 667 g/mol. The summed E-state index contributed by atoms with van der Waals surface area (Å²) in [5, 5.41) is 8.36. The molecule has 0 aliphatic heterocycles. The van der Waals surface area contributed by atoms with Crippen LogP contribution in [0.4, 0.5) is 0 Å². The van der Waals surface area contributed by atoms with Crippen LogP contribution in [0.1, 0.15) is 25.0 Å². The molecule has 1 radical (unpaired) electrons. The van der Waals surface area contributed by atoms with Gasteiger partial charge in [-0.15, -0.1) is 35.4 Å². The van der Waals surface area contributed by atoms with Crippen molar-refractivity contribution in [3.05, 3.63) is 114 Å². The number of aliphatic hydroxyl groups excluding tert-OH is 1. The summed E-state index contributed by atoms with van der Waals surface area (Å²) in [7, 11) is 0. The number of benzene rings is 3. The molecule has 5 heteroatoms. The van der Waals surface area contributed by atoms with Crippen molar-refractivity contribution in [1.29, 1.82) is 0 Å². The second kappa shape index (κ2) is 12.4. The number of fused-ring (bicyclic) bond motifs is 1. The van der Waals surface area contributed by atoms with Crippen LogP contribution in [-0.2, 0) is 24.9 Å². The van der Waals surface area contributed by atoms with Crippen LogP contribution in [0.15, 0.2) is 101 Å². The standard InChI is InChI=1S/C27H20NO.C5H8O2.Ir/c1-18-13-19(2)15-23(14-18)27-17-25-26(29-27)12-11-24(28-25)22-10-6-9-21(16-22)20-7-4-3-5-8-20;1-4(6)3-5(2)7;/h3-9,11-17H,1-2H3;3,6H,1-2H3;/q-1;;/b;4-3-;. The van der Waals surface area contributed by atoms with Crippen LogP contribution in [0.5, 0.6) is 0 Å². The molecule has 0 saturated heterocycles. The van der Waals surface area contributed by atoms with Gasteiger partial charge in [-0.05, 0) is 57.2 Å². The van der Waals surface area contributed by atoms with Crippen molar-refractivity contribution >= 4 is 16.9 Å². The van der Waals surface area contributed by atoms with E-state index in [0.29, 0.717) is 0 Å². The summed E-state index contributed by atoms with van der Waals surface area (Å²) >= 11 is 0. The van der Waals surface area contributed by atoms with E-state index in [1.165, 1.54) is 36.6 Å². The predicted molar refractivity (Wildman–Crippen MR) is 146 cm³/mol. The van der Waals surface area contributed by atoms with Gasteiger partial charge in [0.1, 0.15) is 5.76 Å². The molecule has 0 bridgehead atoms. The summed E-state index contributed by atoms with van der Waals surface area (Å²) in [5.41, 5.74) is 9.39. The van der Waals surface area contributed by atoms with Gasteiger partial charge in [0.2, 0.25) is 0 Å². The van der Waals surface area contributed by atoms with E-state index in [-0.39, 0.29) is 31.6 Å². The first-order valence-corrected chi connectivity index (χ1v) is 11.7. The number of aromatic nitrogens is 1. The van der Waals surface area contributed by atoms with E-state index >= 15 is 0 Å². The van der Waals surface area contributed by atoms with E-state index in [1.54, 1.807) is 0 Å². The first-order valence-electron chi connectivity index (χ1n) is 11.7. The number of hydrogen-bond acceptors (Lipinski definition) is 4. The normalized spacial score (nSPS) is 10.9. The number of pyridine rings is 1. The molecule has 3 aromatic carbocycles. The van der Waals surface area contributed by atoms with Crippen LogP contribution >= 0.6 is 0 Å². The van der Waals surface area contributed by atoms with Crippen LogP contribution < -0.4 is 0 Å². The number of aryl methyl sites for hydroxylation is 2. The van der Waals surface area contributed by atoms with Crippen LogP contribution in [-0.4, -0.2) is 15.9 Å². The fourth-order valence-electron chi connectivity index (χ4n) is 4.05. The number of ketones is 1. The first-order chi connectivity index (χ1) is 17.3. The van der Waals surface area contributed by atoms with Gasteiger partial charge in [0.25, 0.3) is 0 Å². The summed E-state index contributed by atoms with van der Waals surface area (Å²) in [6, 6.07) is 32.3. The van der Waals surface area contributed by atoms with Crippen molar-refractivity contribution in [3.8, 4) is 33.7 Å². The molecule has 0 unspecified atom stereocenters. The second-order valence-corrected chi connectivity index (χ2v) is 8.82. The largest absolute Gasteiger partial charge is 0.512 e. The molecule has 37 heavy (non-hydrogen) atoms. The van der Waals surface area contributed by atoms with Gasteiger partial charge in [0.15, 0.2) is 11.4 Å². The number of carbonyl (C=O) groups excluding carboxylic acids is 1. The molecule has 2 heterocycles. The van der Waals surface area contributed by atoms with E-state index in [4.69, 9.17) is 14.5 Å². The van der Waals surface area contributed by atoms with Crippen molar-refractivity contribution in [2.45, 2.75) is 27.7 Å². The van der Waals surface area contributed by atoms with Crippen molar-refractivity contribution in [3.63, 3.8) is 0 Å². The zero-order valence-electron chi connectivity index (χ0n) is 21.2. The van der Waals surface area contributed by atoms with E-state index in [9.17, 15) is 4.79 Å². The number of hydrogen-bond donors (Lipinski definition) is 1. The van der Waals surface area contributed by atoms with Gasteiger partial charge >= 0.3 is 0 Å². The zero-order chi connectivity index (χ0) is 25.7. The van der Waals surface area contributed by atoms with E-state index < -0.39 is 0 Å². The number of carbonyl (C=O) groups is 1. The topological polar surface area (TPSA) is 63.3 Å². The van der Waals surface area contributed by atoms with Crippen molar-refractivity contribution in [2.24, 2.45) is 0 Å². The fraction of sp³-hybridized carbons (Fsp3) is 0.125. The maximum absolute atomic E-state index is 10.0. The van der Waals surface area contributed by atoms with E-state index in [0.717, 1.165) is 39.2 Å². The molecule has 0 aliphatic rings. The Morgan fingerprint density at radius 1 is 0.865 bits per heavy atom. The minimum absolute atomic E-state index is 0. The van der Waals surface area contributed by atoms with E-state index in [2.05, 4.69) is 74.5 Å². The number of allylic oxidation sites excluding steroid dienone is 2. The molecular formula is C32H28IrNO3-. The molecule has 5 rings (SSSR count). The van der Waals surface area contributed by atoms with Crippen LogP contribution in [0, 0.1) is 19.9 Å². The molecule has 189 valence electrons. The van der Waals surface area contributed by atoms with Gasteiger partial charge in [-0.2, -0.15) is 0 Å². The Hall–Kier alpha value is -3.79. The molecule has 5 aromatic rings. The van der Waals surface area contributed by atoms with Crippen LogP contribution in [0.3, 0.4) is 0 Å². The molecule has 0 saturated carbocycles. The van der Waals surface area contributed by atoms with Gasteiger partial charge in [-0.1, -0.05) is 53.6 Å². The molecular weight excluding hydrogens is 639 g/mol. The number of nitrogens with zero attached hydrogens (tertiary/aromatic N) is 1. The molecule has 0 fully saturated rings. The fourth-order valence-corrected chi connectivity index (χ4v) is 4.05. The molecule has 1 N–H and O–H groups in total. The molecule has 4 nitrogen and oxygen atoms in total. The smallest absolute Gasteiger partial charge is 0.155 e. The Kier molecular flexibility index (Phi) is 9.35. The predicted octanol–water partition coefficient (Wildman–Crippen LogP) is 8.28. The maximum atomic E-state index is 10.0. The van der Waals surface area contributed by atoms with Crippen molar-refractivity contribution in [2.75, 3.05) is 0 Å². The zero-order valence-corrected chi connectivity index (χ0v) is 23.6. The quantitative estimate of drug-likeness (QED) is 0.119. The Labute approximate surface area is 231 Å². The molecule has 0 aliphatic carbocycles. The number of rotatable bonds is 4. The summed E-state index contributed by atoms with van der Waals surface area (Å²) in [6.07, 6.45) is 1.17. The monoisotopic (exact) mass is 667 g/mol. The average Bonchev–Trinajstić information content (AvgIpc) is 3.27. The summed E-state index contributed by atoms with van der Waals surface area (Å²) in [6.45, 7) is 7.05. The summed E-state index contributed by atoms with van der Waals surface area (Å²) in [4.78, 5) is 14.9. The Morgan fingerprint density at radius 3 is 2.19 bits per heavy atom. The van der Waals surface area contributed by atoms with Gasteiger partial charge in [0.05, 0.1) is 11.3 Å². The Morgan fingerprint density at radius 2 is 1.57 bits per heavy atom. The van der Waals surface area contributed by atoms with Crippen LogP contribution in [0.2, 0.25) is 0 Å². The minimum atomic E-state index is -0.125. The summed E-state index contributed by atoms with van der Waals surface area (Å²) < 4.78 is 6.08. The van der Waals surface area contributed by atoms with Crippen molar-refractivity contribution in [1.82, 2.24) is 4.98 Å². The third-order valence-corrected chi connectivity index (χ3v) is 5.48.